The first-order valence-electron chi connectivity index (χ1n) is 13.3. The lowest BCUT2D eigenvalue weighted by atomic mass is 9.62. The molecule has 3 heterocycles. The number of likely N-dealkylation sites (tertiary alicyclic amines) is 1. The highest BCUT2D eigenvalue weighted by Gasteiger charge is 2.59. The van der Waals surface area contributed by atoms with Crippen LogP contribution in [0.2, 0.25) is 5.02 Å². The summed E-state index contributed by atoms with van der Waals surface area (Å²) < 4.78 is 7.62. The first-order valence-corrected chi connectivity index (χ1v) is 15.2. The number of rotatable bonds is 4. The third kappa shape index (κ3) is 5.00. The van der Waals surface area contributed by atoms with E-state index in [9.17, 15) is 9.59 Å². The Morgan fingerprint density at radius 2 is 1.90 bits per heavy atom. The van der Waals surface area contributed by atoms with E-state index in [2.05, 4.69) is 45.2 Å². The van der Waals surface area contributed by atoms with Crippen LogP contribution in [0.15, 0.2) is 59.7 Å². The molecule has 4 aliphatic rings. The average Bonchev–Trinajstić information content (AvgIpc) is 3.17. The number of ether oxygens (including phenoxy) is 1. The first-order chi connectivity index (χ1) is 18.7. The van der Waals surface area contributed by atoms with Crippen LogP contribution in [0, 0.1) is 15.4 Å². The maximum atomic E-state index is 14.1. The van der Waals surface area contributed by atoms with Crippen molar-refractivity contribution in [1.29, 1.82) is 0 Å². The van der Waals surface area contributed by atoms with Crippen molar-refractivity contribution in [3.05, 3.63) is 79.4 Å². The predicted molar refractivity (Wildman–Crippen MR) is 162 cm³/mol. The molecule has 0 aromatic heterocycles. The van der Waals surface area contributed by atoms with E-state index in [1.807, 2.05) is 48.6 Å². The van der Waals surface area contributed by atoms with Crippen LogP contribution < -0.4 is 15.4 Å². The van der Waals surface area contributed by atoms with Crippen LogP contribution in [0.25, 0.3) is 0 Å². The number of anilines is 1. The van der Waals surface area contributed by atoms with Gasteiger partial charge in [-0.2, -0.15) is 0 Å². The number of nitrogens with zero attached hydrogens (tertiary/aromatic N) is 1. The lowest BCUT2D eigenvalue weighted by molar-refractivity contribution is -0.135. The number of halogens is 3. The van der Waals surface area contributed by atoms with Crippen molar-refractivity contribution in [2.45, 2.75) is 43.2 Å². The molecule has 0 saturated carbocycles. The van der Waals surface area contributed by atoms with Crippen molar-refractivity contribution in [2.75, 3.05) is 25.5 Å². The quantitative estimate of drug-likeness (QED) is 0.379. The Bertz CT molecular complexity index is 1390. The van der Waals surface area contributed by atoms with Gasteiger partial charge >= 0.3 is 0 Å². The number of amides is 2. The lowest BCUT2D eigenvalue weighted by Gasteiger charge is -2.45. The molecule has 2 amide bonds. The van der Waals surface area contributed by atoms with E-state index in [1.54, 1.807) is 6.07 Å². The Balaban J connectivity index is 1.45. The molecule has 0 radical (unpaired) electrons. The lowest BCUT2D eigenvalue weighted by Crippen LogP contribution is -2.57. The second-order valence-electron chi connectivity index (χ2n) is 11.0. The van der Waals surface area contributed by atoms with Crippen LogP contribution in [0.5, 0.6) is 5.75 Å². The van der Waals surface area contributed by atoms with Gasteiger partial charge in [0.15, 0.2) is 0 Å². The van der Waals surface area contributed by atoms with Crippen LogP contribution >= 0.6 is 45.8 Å². The predicted octanol–water partition coefficient (Wildman–Crippen LogP) is 6.18. The van der Waals surface area contributed by atoms with E-state index in [0.717, 1.165) is 40.6 Å². The average molecular weight is 678 g/mol. The highest BCUT2D eigenvalue weighted by molar-refractivity contribution is 14.1. The number of fused-ring (bicyclic) bond motifs is 2. The molecule has 1 aliphatic carbocycles. The molecule has 2 saturated heterocycles. The van der Waals surface area contributed by atoms with E-state index < -0.39 is 17.4 Å². The van der Waals surface area contributed by atoms with Crippen LogP contribution in [0.4, 0.5) is 5.69 Å². The minimum Gasteiger partial charge on any atom is -0.490 e. The molecule has 0 bridgehead atoms. The van der Waals surface area contributed by atoms with Crippen LogP contribution in [0.3, 0.4) is 0 Å². The molecule has 39 heavy (non-hydrogen) atoms. The number of carbonyl (C=O) groups is 2. The third-order valence-electron chi connectivity index (χ3n) is 8.60. The fourth-order valence-electron chi connectivity index (χ4n) is 6.55. The number of hydrogen-bond acceptors (Lipinski definition) is 4. The smallest absolute Gasteiger partial charge is 0.237 e. The zero-order valence-corrected chi connectivity index (χ0v) is 25.2. The second kappa shape index (κ2) is 10.7. The minimum atomic E-state index is -1.03. The van der Waals surface area contributed by atoms with Crippen molar-refractivity contribution in [3.8, 4) is 5.75 Å². The van der Waals surface area contributed by atoms with Gasteiger partial charge in [-0.15, -0.1) is 0 Å². The van der Waals surface area contributed by atoms with Gasteiger partial charge in [0, 0.05) is 43.9 Å². The van der Waals surface area contributed by atoms with Crippen molar-refractivity contribution in [1.82, 2.24) is 10.2 Å². The Morgan fingerprint density at radius 1 is 1.10 bits per heavy atom. The number of hydrogen-bond donors (Lipinski definition) is 2. The van der Waals surface area contributed by atoms with Crippen LogP contribution in [0.1, 0.15) is 42.9 Å². The summed E-state index contributed by atoms with van der Waals surface area (Å²) in [4.78, 5) is 30.2. The van der Waals surface area contributed by atoms with E-state index in [4.69, 9.17) is 27.9 Å². The second-order valence-corrected chi connectivity index (χ2v) is 13.2. The summed E-state index contributed by atoms with van der Waals surface area (Å²) in [6.07, 6.45) is 8.63. The summed E-state index contributed by atoms with van der Waals surface area (Å²) in [5.74, 6) is -0.0261. The Hall–Kier alpha value is -2.07. The van der Waals surface area contributed by atoms with Gasteiger partial charge in [0.05, 0.1) is 6.04 Å². The number of allylic oxidation sites excluding steroid dienone is 4. The normalized spacial score (nSPS) is 29.1. The fourth-order valence-corrected chi connectivity index (χ4v) is 7.49. The molecule has 3 aliphatic heterocycles. The van der Waals surface area contributed by atoms with E-state index in [-0.39, 0.29) is 23.8 Å². The standard InChI is InChI=1S/C30H30Cl2IN3O3/c1-36-11-9-21(10-12-36)39-26-8-6-20(33)15-22(26)27-30(24-7-5-19(32)14-25(24)34-29(30)38)16-23(28(37)35-27)17-3-2-4-18(31)13-17/h2-8,14-15,17,21,23,27H,9-13,16H2,1H3,(H,34,38)(H,35,37)/t17?,23-,27-,30-/m1/s1. The maximum absolute atomic E-state index is 14.1. The molecule has 1 spiro atoms. The zero-order valence-electron chi connectivity index (χ0n) is 21.6. The van der Waals surface area contributed by atoms with Gasteiger partial charge in [-0.05, 0) is 103 Å². The topological polar surface area (TPSA) is 70.7 Å². The zero-order chi connectivity index (χ0) is 27.3. The van der Waals surface area contributed by atoms with E-state index in [1.165, 1.54) is 0 Å². The molecule has 2 fully saturated rings. The first kappa shape index (κ1) is 27.1. The van der Waals surface area contributed by atoms with Gasteiger partial charge in [-0.25, -0.2) is 0 Å². The number of piperidine rings is 2. The summed E-state index contributed by atoms with van der Waals surface area (Å²) in [7, 11) is 2.12. The van der Waals surface area contributed by atoms with E-state index in [0.29, 0.717) is 34.3 Å². The molecule has 6 nitrogen and oxygen atoms in total. The number of carbonyl (C=O) groups excluding carboxylic acids is 2. The minimum absolute atomic E-state index is 0.0767. The fraction of sp³-hybridized carbons (Fsp3) is 0.400. The molecule has 6 rings (SSSR count). The highest BCUT2D eigenvalue weighted by Crippen LogP contribution is 2.55. The van der Waals surface area contributed by atoms with Crippen LogP contribution in [-0.2, 0) is 15.0 Å². The summed E-state index contributed by atoms with van der Waals surface area (Å²) in [5, 5.41) is 7.65. The maximum Gasteiger partial charge on any atom is 0.237 e. The molecule has 1 unspecified atom stereocenters. The summed E-state index contributed by atoms with van der Waals surface area (Å²) in [6, 6.07) is 10.9. The molecule has 2 aromatic rings. The Labute approximate surface area is 252 Å². The van der Waals surface area contributed by atoms with Crippen molar-refractivity contribution in [3.63, 3.8) is 0 Å². The molecular weight excluding hydrogens is 648 g/mol. The highest BCUT2D eigenvalue weighted by atomic mass is 127. The third-order valence-corrected chi connectivity index (χ3v) is 9.79. The Kier molecular flexibility index (Phi) is 7.46. The van der Waals surface area contributed by atoms with Gasteiger partial charge < -0.3 is 20.3 Å². The number of nitrogens with one attached hydrogen (secondary N) is 2. The van der Waals surface area contributed by atoms with Crippen molar-refractivity contribution < 1.29 is 14.3 Å². The van der Waals surface area contributed by atoms with Crippen molar-refractivity contribution >= 4 is 63.3 Å². The summed E-state index contributed by atoms with van der Waals surface area (Å²) in [6.45, 7) is 1.94. The molecule has 9 heteroatoms. The molecular formula is C30H30Cl2IN3O3. The largest absolute Gasteiger partial charge is 0.490 e. The van der Waals surface area contributed by atoms with Gasteiger partial charge in [-0.3, -0.25) is 9.59 Å². The van der Waals surface area contributed by atoms with Crippen molar-refractivity contribution in [2.24, 2.45) is 11.8 Å². The summed E-state index contributed by atoms with van der Waals surface area (Å²) in [5.41, 5.74) is 1.32. The van der Waals surface area contributed by atoms with Gasteiger partial charge in [-0.1, -0.05) is 41.4 Å². The van der Waals surface area contributed by atoms with E-state index >= 15 is 0 Å². The van der Waals surface area contributed by atoms with Gasteiger partial charge in [0.25, 0.3) is 0 Å². The molecule has 204 valence electrons. The molecule has 2 aromatic carbocycles. The Morgan fingerprint density at radius 3 is 2.67 bits per heavy atom. The summed E-state index contributed by atoms with van der Waals surface area (Å²) >= 11 is 15.0. The SMILES string of the molecule is CN1CCC(Oc2ccc(I)cc2[C@H]2NC(=O)[C@@H](C3C=CC=C(Cl)C3)C[C@]23C(=O)Nc2cc(Cl)ccc23)CC1. The molecule has 4 atom stereocenters. The van der Waals surface area contributed by atoms with Crippen LogP contribution in [-0.4, -0.2) is 43.0 Å². The molecule has 2 N–H and O–H groups in total. The monoisotopic (exact) mass is 677 g/mol. The van der Waals surface area contributed by atoms with Gasteiger partial charge in [0.2, 0.25) is 11.8 Å². The number of benzene rings is 2. The van der Waals surface area contributed by atoms with Gasteiger partial charge in [0.1, 0.15) is 17.3 Å².